The van der Waals surface area contributed by atoms with Crippen molar-refractivity contribution >= 4 is 22.9 Å². The lowest BCUT2D eigenvalue weighted by Crippen LogP contribution is -2.28. The van der Waals surface area contributed by atoms with Crippen LogP contribution in [-0.2, 0) is 0 Å². The van der Waals surface area contributed by atoms with Crippen molar-refractivity contribution in [2.24, 2.45) is 17.3 Å². The number of aliphatic hydroxyl groups excluding tert-OH is 1. The standard InChI is InChI=1S/C15H23ClOS/c1-15(2,3)11-6-4-10(5-7-11)13(17)14-12(16)8-9-18-14/h8-11,13,17H,4-7H2,1-3H3. The lowest BCUT2D eigenvalue weighted by Gasteiger charge is -2.38. The van der Waals surface area contributed by atoms with Gasteiger partial charge in [-0.1, -0.05) is 32.4 Å². The molecule has 0 aromatic carbocycles. The topological polar surface area (TPSA) is 20.2 Å². The molecule has 1 aromatic rings. The fourth-order valence-corrected chi connectivity index (χ4v) is 4.28. The first kappa shape index (κ1) is 14.4. The van der Waals surface area contributed by atoms with E-state index in [1.807, 2.05) is 11.4 Å². The summed E-state index contributed by atoms with van der Waals surface area (Å²) in [6.07, 6.45) is 4.34. The number of rotatable bonds is 2. The van der Waals surface area contributed by atoms with E-state index in [0.29, 0.717) is 11.3 Å². The molecule has 1 saturated carbocycles. The third-order valence-electron chi connectivity index (χ3n) is 4.36. The summed E-state index contributed by atoms with van der Waals surface area (Å²) in [5.74, 6) is 1.18. The third kappa shape index (κ3) is 3.09. The predicted molar refractivity (Wildman–Crippen MR) is 79.2 cm³/mol. The van der Waals surface area contributed by atoms with Crippen LogP contribution in [0.4, 0.5) is 0 Å². The largest absolute Gasteiger partial charge is 0.387 e. The molecule has 0 saturated heterocycles. The summed E-state index contributed by atoms with van der Waals surface area (Å²) in [5.41, 5.74) is 0.399. The van der Waals surface area contributed by atoms with Crippen molar-refractivity contribution in [1.29, 1.82) is 0 Å². The van der Waals surface area contributed by atoms with Gasteiger partial charge in [-0.25, -0.2) is 0 Å². The first-order valence-electron chi connectivity index (χ1n) is 6.80. The average molecular weight is 287 g/mol. The van der Waals surface area contributed by atoms with Crippen molar-refractivity contribution in [3.8, 4) is 0 Å². The third-order valence-corrected chi connectivity index (χ3v) is 5.79. The van der Waals surface area contributed by atoms with E-state index in [1.54, 1.807) is 11.3 Å². The Hall–Kier alpha value is -0.0500. The molecule has 0 aliphatic heterocycles. The Morgan fingerprint density at radius 3 is 2.33 bits per heavy atom. The zero-order valence-electron chi connectivity index (χ0n) is 11.4. The fourth-order valence-electron chi connectivity index (χ4n) is 3.03. The quantitative estimate of drug-likeness (QED) is 0.783. The summed E-state index contributed by atoms with van der Waals surface area (Å²) >= 11 is 7.68. The summed E-state index contributed by atoms with van der Waals surface area (Å²) < 4.78 is 0. The fraction of sp³-hybridized carbons (Fsp3) is 0.733. The van der Waals surface area contributed by atoms with Crippen LogP contribution in [0, 0.1) is 17.3 Å². The SMILES string of the molecule is CC(C)(C)C1CCC(C(O)c2sccc2Cl)CC1. The van der Waals surface area contributed by atoms with Crippen LogP contribution in [-0.4, -0.2) is 5.11 Å². The van der Waals surface area contributed by atoms with E-state index in [0.717, 1.165) is 28.7 Å². The molecular formula is C15H23ClOS. The monoisotopic (exact) mass is 286 g/mol. The van der Waals surface area contributed by atoms with Gasteiger partial charge in [0.15, 0.2) is 0 Å². The smallest absolute Gasteiger partial charge is 0.0924 e. The summed E-state index contributed by atoms with van der Waals surface area (Å²) in [6, 6.07) is 1.88. The maximum atomic E-state index is 10.4. The molecule has 1 aromatic heterocycles. The van der Waals surface area contributed by atoms with Gasteiger partial charge in [0.05, 0.1) is 16.0 Å². The summed E-state index contributed by atoms with van der Waals surface area (Å²) in [4.78, 5) is 0.955. The van der Waals surface area contributed by atoms with E-state index in [4.69, 9.17) is 11.6 Å². The van der Waals surface area contributed by atoms with E-state index in [9.17, 15) is 5.11 Å². The molecule has 1 fully saturated rings. The van der Waals surface area contributed by atoms with Gasteiger partial charge >= 0.3 is 0 Å². The minimum absolute atomic E-state index is 0.363. The van der Waals surface area contributed by atoms with Crippen molar-refractivity contribution in [3.05, 3.63) is 21.3 Å². The van der Waals surface area contributed by atoms with Crippen LogP contribution in [0.15, 0.2) is 11.4 Å². The van der Waals surface area contributed by atoms with Gasteiger partial charge in [-0.3, -0.25) is 0 Å². The van der Waals surface area contributed by atoms with Crippen molar-refractivity contribution in [1.82, 2.24) is 0 Å². The Morgan fingerprint density at radius 2 is 1.89 bits per heavy atom. The molecule has 1 aliphatic carbocycles. The molecule has 1 unspecified atom stereocenters. The van der Waals surface area contributed by atoms with Crippen LogP contribution >= 0.6 is 22.9 Å². The molecule has 0 bridgehead atoms. The van der Waals surface area contributed by atoms with Gasteiger partial charge in [0.1, 0.15) is 0 Å². The van der Waals surface area contributed by atoms with Gasteiger partial charge in [0.2, 0.25) is 0 Å². The summed E-state index contributed by atoms with van der Waals surface area (Å²) in [7, 11) is 0. The van der Waals surface area contributed by atoms with Crippen LogP contribution in [0.5, 0.6) is 0 Å². The molecule has 2 rings (SSSR count). The first-order chi connectivity index (χ1) is 8.39. The highest BCUT2D eigenvalue weighted by Crippen LogP contribution is 2.45. The highest BCUT2D eigenvalue weighted by atomic mass is 35.5. The molecule has 18 heavy (non-hydrogen) atoms. The molecule has 0 radical (unpaired) electrons. The second kappa shape index (κ2) is 5.52. The van der Waals surface area contributed by atoms with E-state index in [2.05, 4.69) is 20.8 Å². The Balaban J connectivity index is 1.96. The second-order valence-corrected chi connectivity index (χ2v) is 7.91. The minimum Gasteiger partial charge on any atom is -0.387 e. The van der Waals surface area contributed by atoms with Gasteiger partial charge in [0.25, 0.3) is 0 Å². The molecule has 1 nitrogen and oxygen atoms in total. The maximum Gasteiger partial charge on any atom is 0.0924 e. The summed E-state index contributed by atoms with van der Waals surface area (Å²) in [5, 5.41) is 13.1. The van der Waals surface area contributed by atoms with Crippen LogP contribution < -0.4 is 0 Å². The van der Waals surface area contributed by atoms with Crippen molar-refractivity contribution in [2.45, 2.75) is 52.6 Å². The lowest BCUT2D eigenvalue weighted by molar-refractivity contribution is 0.0550. The Bertz CT molecular complexity index is 385. The number of thiophene rings is 1. The Morgan fingerprint density at radius 1 is 1.28 bits per heavy atom. The molecule has 1 aliphatic rings. The van der Waals surface area contributed by atoms with Gasteiger partial charge in [-0.05, 0) is 54.4 Å². The van der Waals surface area contributed by atoms with Crippen molar-refractivity contribution in [2.75, 3.05) is 0 Å². The predicted octanol–water partition coefficient (Wildman–Crippen LogP) is 5.29. The number of hydrogen-bond acceptors (Lipinski definition) is 2. The zero-order chi connectivity index (χ0) is 13.3. The average Bonchev–Trinajstić information content (AvgIpc) is 2.73. The van der Waals surface area contributed by atoms with Crippen molar-refractivity contribution < 1.29 is 5.11 Å². The zero-order valence-corrected chi connectivity index (χ0v) is 13.0. The lowest BCUT2D eigenvalue weighted by atomic mass is 9.69. The van der Waals surface area contributed by atoms with Gasteiger partial charge in [-0.15, -0.1) is 11.3 Å². The number of hydrogen-bond donors (Lipinski definition) is 1. The first-order valence-corrected chi connectivity index (χ1v) is 8.06. The maximum absolute atomic E-state index is 10.4. The van der Waals surface area contributed by atoms with Crippen LogP contribution in [0.1, 0.15) is 57.4 Å². The molecule has 1 heterocycles. The number of halogens is 1. The van der Waals surface area contributed by atoms with Gasteiger partial charge < -0.3 is 5.11 Å². The van der Waals surface area contributed by atoms with E-state index in [-0.39, 0.29) is 6.10 Å². The van der Waals surface area contributed by atoms with E-state index in [1.165, 1.54) is 12.8 Å². The highest BCUT2D eigenvalue weighted by Gasteiger charge is 2.33. The van der Waals surface area contributed by atoms with Crippen LogP contribution in [0.25, 0.3) is 0 Å². The number of aliphatic hydroxyl groups is 1. The highest BCUT2D eigenvalue weighted by molar-refractivity contribution is 7.10. The van der Waals surface area contributed by atoms with Crippen molar-refractivity contribution in [3.63, 3.8) is 0 Å². The molecule has 0 amide bonds. The Labute approximate surface area is 119 Å². The minimum atomic E-state index is -0.363. The van der Waals surface area contributed by atoms with E-state index < -0.39 is 0 Å². The van der Waals surface area contributed by atoms with E-state index >= 15 is 0 Å². The molecule has 3 heteroatoms. The molecule has 1 atom stereocenters. The van der Waals surface area contributed by atoms with Gasteiger partial charge in [-0.2, -0.15) is 0 Å². The Kier molecular flexibility index (Phi) is 4.40. The van der Waals surface area contributed by atoms with Crippen LogP contribution in [0.2, 0.25) is 5.02 Å². The van der Waals surface area contributed by atoms with Gasteiger partial charge in [0, 0.05) is 0 Å². The molecule has 102 valence electrons. The molecule has 0 spiro atoms. The molecular weight excluding hydrogens is 264 g/mol. The molecule has 1 N–H and O–H groups in total. The summed E-state index contributed by atoms with van der Waals surface area (Å²) in [6.45, 7) is 6.97. The normalized spacial score (nSPS) is 27.2. The second-order valence-electron chi connectivity index (χ2n) is 6.56. The van der Waals surface area contributed by atoms with Crippen LogP contribution in [0.3, 0.4) is 0 Å².